The van der Waals surface area contributed by atoms with Crippen LogP contribution >= 0.6 is 0 Å². The van der Waals surface area contributed by atoms with Crippen molar-refractivity contribution in [2.75, 3.05) is 45.8 Å². The molecule has 0 fully saturated rings. The van der Waals surface area contributed by atoms with Crippen molar-refractivity contribution >= 4 is 5.91 Å². The van der Waals surface area contributed by atoms with E-state index in [1.54, 1.807) is 0 Å². The van der Waals surface area contributed by atoms with Gasteiger partial charge < -0.3 is 27.4 Å². The average molecular weight is 273 g/mol. The Hall–Kier alpha value is -0.690. The van der Waals surface area contributed by atoms with Crippen LogP contribution in [0.25, 0.3) is 0 Å². The van der Waals surface area contributed by atoms with E-state index < -0.39 is 0 Å². The molecule has 0 radical (unpaired) electrons. The summed E-state index contributed by atoms with van der Waals surface area (Å²) in [4.78, 5) is 12.0. The molecular formula is C13H31N5O. The molecule has 0 heterocycles. The quantitative estimate of drug-likeness (QED) is 0.277. The van der Waals surface area contributed by atoms with E-state index in [2.05, 4.69) is 22.9 Å². The second-order valence-corrected chi connectivity index (χ2v) is 4.68. The molecular weight excluding hydrogens is 242 g/mol. The molecule has 6 heteroatoms. The Morgan fingerprint density at radius 1 is 1.00 bits per heavy atom. The van der Waals surface area contributed by atoms with Crippen LogP contribution in [0.4, 0.5) is 0 Å². The summed E-state index contributed by atoms with van der Waals surface area (Å²) in [5.74, 6) is 0.0323. The first-order valence-corrected chi connectivity index (χ1v) is 7.35. The zero-order chi connectivity index (χ0) is 14.3. The van der Waals surface area contributed by atoms with Crippen LogP contribution in [0.15, 0.2) is 0 Å². The molecule has 6 nitrogen and oxygen atoms in total. The van der Waals surface area contributed by atoms with E-state index in [0.717, 1.165) is 38.9 Å². The summed E-state index contributed by atoms with van der Waals surface area (Å²) in [6.45, 7) is 6.84. The van der Waals surface area contributed by atoms with E-state index in [4.69, 9.17) is 11.5 Å². The Morgan fingerprint density at radius 3 is 2.05 bits per heavy atom. The molecule has 0 unspecified atom stereocenters. The van der Waals surface area contributed by atoms with Crippen LogP contribution in [0.5, 0.6) is 0 Å². The molecule has 0 aliphatic rings. The first-order chi connectivity index (χ1) is 9.26. The molecule has 19 heavy (non-hydrogen) atoms. The lowest BCUT2D eigenvalue weighted by Crippen LogP contribution is -2.44. The zero-order valence-electron chi connectivity index (χ0n) is 12.2. The highest BCUT2D eigenvalue weighted by Gasteiger charge is 2.16. The third-order valence-corrected chi connectivity index (χ3v) is 2.87. The highest BCUT2D eigenvalue weighted by atomic mass is 16.1. The topological polar surface area (TPSA) is 105 Å². The highest BCUT2D eigenvalue weighted by Crippen LogP contribution is 1.96. The van der Waals surface area contributed by atoms with Crippen LogP contribution < -0.4 is 27.4 Å². The van der Waals surface area contributed by atoms with Crippen molar-refractivity contribution in [2.45, 2.75) is 26.2 Å². The minimum absolute atomic E-state index is 0.0697. The number of amides is 1. The molecule has 1 amide bonds. The molecule has 0 aromatic rings. The number of nitrogens with one attached hydrogen (secondary N) is 3. The van der Waals surface area contributed by atoms with Gasteiger partial charge in [-0.25, -0.2) is 0 Å². The van der Waals surface area contributed by atoms with Gasteiger partial charge in [-0.1, -0.05) is 19.8 Å². The molecule has 0 saturated carbocycles. The van der Waals surface area contributed by atoms with Gasteiger partial charge in [0.2, 0.25) is 5.91 Å². The summed E-state index contributed by atoms with van der Waals surface area (Å²) in [6, 6.07) is 0. The van der Waals surface area contributed by atoms with Crippen molar-refractivity contribution in [1.29, 1.82) is 0 Å². The van der Waals surface area contributed by atoms with Crippen LogP contribution in [0.2, 0.25) is 0 Å². The van der Waals surface area contributed by atoms with Gasteiger partial charge in [0.25, 0.3) is 0 Å². The number of carbonyl (C=O) groups is 1. The first-order valence-electron chi connectivity index (χ1n) is 7.35. The van der Waals surface area contributed by atoms with Gasteiger partial charge in [-0.3, -0.25) is 4.79 Å². The summed E-state index contributed by atoms with van der Waals surface area (Å²) >= 11 is 0. The maximum absolute atomic E-state index is 12.0. The van der Waals surface area contributed by atoms with E-state index in [1.807, 2.05) is 0 Å². The highest BCUT2D eigenvalue weighted by molar-refractivity contribution is 5.79. The molecule has 0 aliphatic heterocycles. The van der Waals surface area contributed by atoms with Crippen LogP contribution in [0, 0.1) is 5.92 Å². The summed E-state index contributed by atoms with van der Waals surface area (Å²) in [5.41, 5.74) is 10.9. The molecule has 7 N–H and O–H groups in total. The predicted molar refractivity (Wildman–Crippen MR) is 79.9 cm³/mol. The normalized spacial score (nSPS) is 10.9. The second kappa shape index (κ2) is 13.7. The van der Waals surface area contributed by atoms with Gasteiger partial charge in [-0.15, -0.1) is 0 Å². The van der Waals surface area contributed by atoms with E-state index in [-0.39, 0.29) is 11.8 Å². The van der Waals surface area contributed by atoms with Gasteiger partial charge in [0.05, 0.1) is 5.92 Å². The minimum Gasteiger partial charge on any atom is -0.356 e. The minimum atomic E-state index is -0.0697. The molecule has 114 valence electrons. The smallest absolute Gasteiger partial charge is 0.225 e. The Morgan fingerprint density at radius 2 is 1.58 bits per heavy atom. The number of rotatable bonds is 13. The Bertz CT molecular complexity index is 203. The molecule has 0 aromatic heterocycles. The van der Waals surface area contributed by atoms with Crippen molar-refractivity contribution < 1.29 is 4.79 Å². The van der Waals surface area contributed by atoms with Crippen molar-refractivity contribution in [3.63, 3.8) is 0 Å². The number of hydrogen-bond donors (Lipinski definition) is 5. The molecule has 0 aromatic carbocycles. The molecule has 0 spiro atoms. The zero-order valence-corrected chi connectivity index (χ0v) is 12.2. The van der Waals surface area contributed by atoms with Crippen LogP contribution in [-0.4, -0.2) is 51.7 Å². The van der Waals surface area contributed by atoms with E-state index in [0.29, 0.717) is 26.2 Å². The fourth-order valence-electron chi connectivity index (χ4n) is 1.75. The standard InChI is InChI=1S/C13H31N5O/c1-2-3-4-7-18-13(19)12(10-16-8-5-14)11-17-9-6-15/h12,16-17H,2-11,14-15H2,1H3,(H,18,19). The monoisotopic (exact) mass is 273 g/mol. The predicted octanol–water partition coefficient (Wildman–Crippen LogP) is -0.994. The molecule has 0 aliphatic carbocycles. The van der Waals surface area contributed by atoms with Crippen LogP contribution in [0.3, 0.4) is 0 Å². The fraction of sp³-hybridized carbons (Fsp3) is 0.923. The molecule has 0 saturated heterocycles. The van der Waals surface area contributed by atoms with Crippen molar-refractivity contribution in [3.05, 3.63) is 0 Å². The lowest BCUT2D eigenvalue weighted by molar-refractivity contribution is -0.124. The van der Waals surface area contributed by atoms with Crippen molar-refractivity contribution in [3.8, 4) is 0 Å². The average Bonchev–Trinajstić information content (AvgIpc) is 2.42. The Kier molecular flexibility index (Phi) is 13.2. The van der Waals surface area contributed by atoms with Gasteiger partial charge in [0.15, 0.2) is 0 Å². The Labute approximate surface area is 117 Å². The van der Waals surface area contributed by atoms with E-state index >= 15 is 0 Å². The maximum Gasteiger partial charge on any atom is 0.225 e. The van der Waals surface area contributed by atoms with Gasteiger partial charge in [0.1, 0.15) is 0 Å². The van der Waals surface area contributed by atoms with Crippen molar-refractivity contribution in [2.24, 2.45) is 17.4 Å². The van der Waals surface area contributed by atoms with E-state index in [9.17, 15) is 4.79 Å². The largest absolute Gasteiger partial charge is 0.356 e. The lowest BCUT2D eigenvalue weighted by atomic mass is 10.1. The number of hydrogen-bond acceptors (Lipinski definition) is 5. The third kappa shape index (κ3) is 10.9. The maximum atomic E-state index is 12.0. The van der Waals surface area contributed by atoms with Gasteiger partial charge in [-0.05, 0) is 6.42 Å². The van der Waals surface area contributed by atoms with Crippen LogP contribution in [-0.2, 0) is 4.79 Å². The van der Waals surface area contributed by atoms with Crippen molar-refractivity contribution in [1.82, 2.24) is 16.0 Å². The summed E-state index contributed by atoms with van der Waals surface area (Å²) in [5, 5.41) is 9.36. The Balaban J connectivity index is 3.94. The SMILES string of the molecule is CCCCCNC(=O)C(CNCCN)CNCCN. The summed E-state index contributed by atoms with van der Waals surface area (Å²) in [6.07, 6.45) is 3.36. The van der Waals surface area contributed by atoms with Crippen LogP contribution in [0.1, 0.15) is 26.2 Å². The number of unbranched alkanes of at least 4 members (excludes halogenated alkanes) is 2. The number of nitrogens with two attached hydrogens (primary N) is 2. The molecule has 0 bridgehead atoms. The van der Waals surface area contributed by atoms with E-state index in [1.165, 1.54) is 0 Å². The molecule has 0 rings (SSSR count). The first kappa shape index (κ1) is 18.3. The second-order valence-electron chi connectivity index (χ2n) is 4.68. The number of carbonyl (C=O) groups excluding carboxylic acids is 1. The summed E-state index contributed by atoms with van der Waals surface area (Å²) in [7, 11) is 0. The van der Waals surface area contributed by atoms with Gasteiger partial charge in [0, 0.05) is 45.8 Å². The summed E-state index contributed by atoms with van der Waals surface area (Å²) < 4.78 is 0. The van der Waals surface area contributed by atoms with Gasteiger partial charge >= 0.3 is 0 Å². The molecule has 0 atom stereocenters. The third-order valence-electron chi connectivity index (χ3n) is 2.87. The fourth-order valence-corrected chi connectivity index (χ4v) is 1.75. The van der Waals surface area contributed by atoms with Gasteiger partial charge in [-0.2, -0.15) is 0 Å². The lowest BCUT2D eigenvalue weighted by Gasteiger charge is -2.18.